The van der Waals surface area contributed by atoms with Crippen LogP contribution < -0.4 is 5.73 Å². The van der Waals surface area contributed by atoms with Crippen LogP contribution in [0.1, 0.15) is 90.9 Å². The zero-order valence-electron chi connectivity index (χ0n) is 12.1. The molecular weight excluding hydrogens is 206 g/mol. The van der Waals surface area contributed by atoms with E-state index in [2.05, 4.69) is 13.8 Å². The van der Waals surface area contributed by atoms with Crippen molar-refractivity contribution in [2.45, 2.75) is 96.9 Å². The maximum Gasteiger partial charge on any atom is 0.00954 e. The lowest BCUT2D eigenvalue weighted by molar-refractivity contribution is 0.207. The van der Waals surface area contributed by atoms with Gasteiger partial charge in [-0.25, -0.2) is 0 Å². The van der Waals surface area contributed by atoms with Crippen molar-refractivity contribution in [3.63, 3.8) is 0 Å². The molecule has 1 heteroatoms. The van der Waals surface area contributed by atoms with Crippen LogP contribution in [0.4, 0.5) is 0 Å². The molecule has 1 nitrogen and oxygen atoms in total. The fraction of sp³-hybridized carbons (Fsp3) is 1.00. The van der Waals surface area contributed by atoms with Gasteiger partial charge in [0.1, 0.15) is 0 Å². The lowest BCUT2D eigenvalue weighted by Gasteiger charge is -2.34. The Morgan fingerprint density at radius 2 is 1.53 bits per heavy atom. The van der Waals surface area contributed by atoms with Gasteiger partial charge in [0.2, 0.25) is 0 Å². The van der Waals surface area contributed by atoms with Crippen LogP contribution >= 0.6 is 0 Å². The highest BCUT2D eigenvalue weighted by molar-refractivity contribution is 4.91. The summed E-state index contributed by atoms with van der Waals surface area (Å²) < 4.78 is 0. The van der Waals surface area contributed by atoms with Crippen LogP contribution in [-0.4, -0.2) is 6.04 Å². The van der Waals surface area contributed by atoms with Gasteiger partial charge >= 0.3 is 0 Å². The van der Waals surface area contributed by atoms with Crippen LogP contribution in [0.25, 0.3) is 0 Å². The van der Waals surface area contributed by atoms with E-state index in [0.717, 1.165) is 0 Å². The molecule has 1 aliphatic rings. The maximum absolute atomic E-state index is 6.47. The highest BCUT2D eigenvalue weighted by atomic mass is 14.7. The van der Waals surface area contributed by atoms with Gasteiger partial charge in [0.25, 0.3) is 0 Å². The van der Waals surface area contributed by atoms with Crippen LogP contribution in [0, 0.1) is 5.41 Å². The largest absolute Gasteiger partial charge is 0.327 e. The molecule has 0 amide bonds. The predicted octanol–water partition coefficient (Wildman–Crippen LogP) is 5.03. The zero-order valence-corrected chi connectivity index (χ0v) is 12.1. The molecule has 102 valence electrons. The van der Waals surface area contributed by atoms with Gasteiger partial charge in [-0.05, 0) is 31.1 Å². The Bertz CT molecular complexity index is 182. The number of nitrogens with two attached hydrogens (primary N) is 1. The molecule has 1 atom stereocenters. The molecule has 0 radical (unpaired) electrons. The Morgan fingerprint density at radius 3 is 2.12 bits per heavy atom. The summed E-state index contributed by atoms with van der Waals surface area (Å²) in [7, 11) is 0. The average molecular weight is 239 g/mol. The molecule has 2 N–H and O–H groups in total. The van der Waals surface area contributed by atoms with Crippen molar-refractivity contribution in [1.82, 2.24) is 0 Å². The molecule has 0 aromatic carbocycles. The standard InChI is InChI=1S/C16H33N/c1-3-5-6-7-8-9-12-15(17)16(4-2)13-10-11-14-16/h15H,3-14,17H2,1-2H3. The van der Waals surface area contributed by atoms with Gasteiger partial charge in [-0.2, -0.15) is 0 Å². The molecule has 1 saturated carbocycles. The first-order valence-corrected chi connectivity index (χ1v) is 8.01. The summed E-state index contributed by atoms with van der Waals surface area (Å²) >= 11 is 0. The number of hydrogen-bond acceptors (Lipinski definition) is 1. The first-order chi connectivity index (χ1) is 8.25. The van der Waals surface area contributed by atoms with Crippen LogP contribution in [0.2, 0.25) is 0 Å². The van der Waals surface area contributed by atoms with Gasteiger partial charge in [-0.15, -0.1) is 0 Å². The Labute approximate surface area is 109 Å². The Hall–Kier alpha value is -0.0400. The van der Waals surface area contributed by atoms with E-state index < -0.39 is 0 Å². The predicted molar refractivity (Wildman–Crippen MR) is 77.2 cm³/mol. The molecule has 0 aromatic heterocycles. The van der Waals surface area contributed by atoms with Crippen molar-refractivity contribution in [2.75, 3.05) is 0 Å². The lowest BCUT2D eigenvalue weighted by atomic mass is 9.75. The van der Waals surface area contributed by atoms with E-state index in [1.165, 1.54) is 77.0 Å². The highest BCUT2D eigenvalue weighted by Crippen LogP contribution is 2.44. The fourth-order valence-electron chi connectivity index (χ4n) is 3.52. The summed E-state index contributed by atoms with van der Waals surface area (Å²) in [6, 6.07) is 0.473. The number of rotatable bonds is 9. The Morgan fingerprint density at radius 1 is 0.941 bits per heavy atom. The van der Waals surface area contributed by atoms with E-state index in [9.17, 15) is 0 Å². The quantitative estimate of drug-likeness (QED) is 0.561. The second kappa shape index (κ2) is 8.13. The van der Waals surface area contributed by atoms with Crippen LogP contribution in [-0.2, 0) is 0 Å². The molecule has 1 rings (SSSR count). The molecule has 1 aliphatic carbocycles. The van der Waals surface area contributed by atoms with Crippen molar-refractivity contribution < 1.29 is 0 Å². The first kappa shape index (κ1) is 15.0. The molecule has 17 heavy (non-hydrogen) atoms. The van der Waals surface area contributed by atoms with Gasteiger partial charge in [0.15, 0.2) is 0 Å². The van der Waals surface area contributed by atoms with Crippen LogP contribution in [0.5, 0.6) is 0 Å². The van der Waals surface area contributed by atoms with Crippen molar-refractivity contribution in [3.05, 3.63) is 0 Å². The van der Waals surface area contributed by atoms with Gasteiger partial charge < -0.3 is 5.73 Å². The van der Waals surface area contributed by atoms with E-state index >= 15 is 0 Å². The second-order valence-corrected chi connectivity index (χ2v) is 6.09. The molecule has 0 spiro atoms. The molecule has 0 saturated heterocycles. The molecular formula is C16H33N. The van der Waals surface area contributed by atoms with Crippen molar-refractivity contribution in [3.8, 4) is 0 Å². The Kier molecular flexibility index (Phi) is 7.18. The monoisotopic (exact) mass is 239 g/mol. The number of unbranched alkanes of at least 4 members (excludes halogenated alkanes) is 5. The summed E-state index contributed by atoms with van der Waals surface area (Å²) in [6.07, 6.45) is 16.5. The number of hydrogen-bond donors (Lipinski definition) is 1. The van der Waals surface area contributed by atoms with E-state index in [1.54, 1.807) is 0 Å². The zero-order chi connectivity index (χ0) is 12.6. The van der Waals surface area contributed by atoms with Crippen LogP contribution in [0.15, 0.2) is 0 Å². The van der Waals surface area contributed by atoms with Gasteiger partial charge in [0.05, 0.1) is 0 Å². The van der Waals surface area contributed by atoms with Crippen molar-refractivity contribution >= 4 is 0 Å². The second-order valence-electron chi connectivity index (χ2n) is 6.09. The third-order valence-electron chi connectivity index (χ3n) is 4.96. The maximum atomic E-state index is 6.47. The molecule has 0 heterocycles. The summed E-state index contributed by atoms with van der Waals surface area (Å²) in [5.41, 5.74) is 6.98. The van der Waals surface area contributed by atoms with E-state index in [0.29, 0.717) is 11.5 Å². The summed E-state index contributed by atoms with van der Waals surface area (Å²) in [5.74, 6) is 0. The minimum atomic E-state index is 0.473. The topological polar surface area (TPSA) is 26.0 Å². The summed E-state index contributed by atoms with van der Waals surface area (Å²) in [4.78, 5) is 0. The molecule has 1 fully saturated rings. The van der Waals surface area contributed by atoms with E-state index in [-0.39, 0.29) is 0 Å². The normalized spacial score (nSPS) is 20.6. The molecule has 0 aromatic rings. The lowest BCUT2D eigenvalue weighted by Crippen LogP contribution is -2.39. The minimum Gasteiger partial charge on any atom is -0.327 e. The van der Waals surface area contributed by atoms with Crippen molar-refractivity contribution in [1.29, 1.82) is 0 Å². The summed E-state index contributed by atoms with van der Waals surface area (Å²) in [6.45, 7) is 4.62. The van der Waals surface area contributed by atoms with Crippen molar-refractivity contribution in [2.24, 2.45) is 11.1 Å². The fourth-order valence-corrected chi connectivity index (χ4v) is 3.52. The van der Waals surface area contributed by atoms with Gasteiger partial charge in [0, 0.05) is 6.04 Å². The molecule has 0 aliphatic heterocycles. The SMILES string of the molecule is CCCCCCCCC(N)C1(CC)CCCC1. The third kappa shape index (κ3) is 4.62. The summed E-state index contributed by atoms with van der Waals surface area (Å²) in [5, 5.41) is 0. The van der Waals surface area contributed by atoms with E-state index in [4.69, 9.17) is 5.73 Å². The first-order valence-electron chi connectivity index (χ1n) is 8.01. The van der Waals surface area contributed by atoms with Crippen LogP contribution in [0.3, 0.4) is 0 Å². The Balaban J connectivity index is 2.13. The highest BCUT2D eigenvalue weighted by Gasteiger charge is 2.37. The molecule has 0 bridgehead atoms. The average Bonchev–Trinajstić information content (AvgIpc) is 2.83. The van der Waals surface area contributed by atoms with E-state index in [1.807, 2.05) is 0 Å². The molecule has 1 unspecified atom stereocenters. The van der Waals surface area contributed by atoms with Gasteiger partial charge in [-0.1, -0.05) is 65.2 Å². The minimum absolute atomic E-state index is 0.473. The van der Waals surface area contributed by atoms with Gasteiger partial charge in [-0.3, -0.25) is 0 Å². The third-order valence-corrected chi connectivity index (χ3v) is 4.96. The smallest absolute Gasteiger partial charge is 0.00954 e.